The largest absolute Gasteiger partial charge is 0.497 e. The summed E-state index contributed by atoms with van der Waals surface area (Å²) in [5.41, 5.74) is 0.799. The van der Waals surface area contributed by atoms with Crippen LogP contribution in [0.2, 0.25) is 0 Å². The van der Waals surface area contributed by atoms with Gasteiger partial charge in [0.15, 0.2) is 0 Å². The van der Waals surface area contributed by atoms with Crippen LogP contribution in [0.3, 0.4) is 0 Å². The highest BCUT2D eigenvalue weighted by molar-refractivity contribution is 5.30. The molecule has 0 amide bonds. The van der Waals surface area contributed by atoms with Gasteiger partial charge >= 0.3 is 0 Å². The second-order valence-electron chi connectivity index (χ2n) is 3.89. The molecule has 15 heavy (non-hydrogen) atoms. The molecule has 0 bridgehead atoms. The molecule has 0 radical (unpaired) electrons. The minimum absolute atomic E-state index is 0.343. The van der Waals surface area contributed by atoms with Crippen molar-refractivity contribution in [2.45, 2.75) is 19.1 Å². The van der Waals surface area contributed by atoms with Crippen molar-refractivity contribution in [3.8, 4) is 5.75 Å². The second-order valence-corrected chi connectivity index (χ2v) is 3.89. The Morgan fingerprint density at radius 3 is 2.60 bits per heavy atom. The summed E-state index contributed by atoms with van der Waals surface area (Å²) in [5, 5.41) is 3.39. The van der Waals surface area contributed by atoms with Gasteiger partial charge < -0.3 is 9.47 Å². The molecule has 82 valence electrons. The number of ether oxygens (including phenoxy) is 2. The molecule has 3 nitrogen and oxygen atoms in total. The Morgan fingerprint density at radius 1 is 1.33 bits per heavy atom. The van der Waals surface area contributed by atoms with Crippen LogP contribution in [0.25, 0.3) is 0 Å². The van der Waals surface area contributed by atoms with Crippen LogP contribution in [0.15, 0.2) is 24.3 Å². The third-order valence-electron chi connectivity index (χ3n) is 2.82. The second kappa shape index (κ2) is 4.21. The SMILES string of the molecule is COc1ccc(C2(C)NCCCO2)cc1. The van der Waals surface area contributed by atoms with Gasteiger partial charge in [-0.3, -0.25) is 5.32 Å². The lowest BCUT2D eigenvalue weighted by molar-refractivity contribution is -0.0875. The number of nitrogens with one attached hydrogen (secondary N) is 1. The fourth-order valence-electron chi connectivity index (χ4n) is 1.82. The molecule has 1 heterocycles. The molecule has 1 aliphatic rings. The monoisotopic (exact) mass is 207 g/mol. The smallest absolute Gasteiger partial charge is 0.142 e. The van der Waals surface area contributed by atoms with E-state index >= 15 is 0 Å². The summed E-state index contributed by atoms with van der Waals surface area (Å²) < 4.78 is 10.9. The lowest BCUT2D eigenvalue weighted by Crippen LogP contribution is -2.46. The van der Waals surface area contributed by atoms with Crippen molar-refractivity contribution >= 4 is 0 Å². The highest BCUT2D eigenvalue weighted by Crippen LogP contribution is 2.26. The number of hydrogen-bond donors (Lipinski definition) is 1. The minimum Gasteiger partial charge on any atom is -0.497 e. The zero-order valence-electron chi connectivity index (χ0n) is 9.25. The fourth-order valence-corrected chi connectivity index (χ4v) is 1.82. The summed E-state index contributed by atoms with van der Waals surface area (Å²) >= 11 is 0. The standard InChI is InChI=1S/C12H17NO2/c1-12(13-8-3-9-15-12)10-4-6-11(14-2)7-5-10/h4-7,13H,3,8-9H2,1-2H3. The van der Waals surface area contributed by atoms with E-state index in [1.807, 2.05) is 24.3 Å². The van der Waals surface area contributed by atoms with E-state index in [4.69, 9.17) is 9.47 Å². The Labute approximate surface area is 90.4 Å². The topological polar surface area (TPSA) is 30.5 Å². The lowest BCUT2D eigenvalue weighted by Gasteiger charge is -2.35. The molecule has 1 unspecified atom stereocenters. The van der Waals surface area contributed by atoms with Gasteiger partial charge in [0.25, 0.3) is 0 Å². The third kappa shape index (κ3) is 2.13. The lowest BCUT2D eigenvalue weighted by atomic mass is 10.0. The van der Waals surface area contributed by atoms with Crippen LogP contribution in [0.1, 0.15) is 18.9 Å². The summed E-state index contributed by atoms with van der Waals surface area (Å²) in [5.74, 6) is 0.873. The van der Waals surface area contributed by atoms with Crippen molar-refractivity contribution in [1.29, 1.82) is 0 Å². The Bertz CT molecular complexity index is 315. The minimum atomic E-state index is -0.343. The van der Waals surface area contributed by atoms with Gasteiger partial charge in [0.1, 0.15) is 11.5 Å². The van der Waals surface area contributed by atoms with Crippen LogP contribution in [-0.2, 0) is 10.5 Å². The Morgan fingerprint density at radius 2 is 2.07 bits per heavy atom. The van der Waals surface area contributed by atoms with Crippen molar-refractivity contribution in [3.63, 3.8) is 0 Å². The molecule has 1 saturated heterocycles. The van der Waals surface area contributed by atoms with E-state index in [1.165, 1.54) is 0 Å². The fraction of sp³-hybridized carbons (Fsp3) is 0.500. The van der Waals surface area contributed by atoms with E-state index in [0.29, 0.717) is 0 Å². The first-order valence-electron chi connectivity index (χ1n) is 5.28. The molecule has 3 heteroatoms. The van der Waals surface area contributed by atoms with Gasteiger partial charge in [-0.15, -0.1) is 0 Å². The Hall–Kier alpha value is -1.06. The Balaban J connectivity index is 2.20. The summed E-state index contributed by atoms with van der Waals surface area (Å²) in [6.07, 6.45) is 1.08. The maximum Gasteiger partial charge on any atom is 0.142 e. The molecule has 1 N–H and O–H groups in total. The zero-order valence-corrected chi connectivity index (χ0v) is 9.25. The normalized spacial score (nSPS) is 26.3. The highest BCUT2D eigenvalue weighted by atomic mass is 16.5. The molecule has 1 aliphatic heterocycles. The van der Waals surface area contributed by atoms with Gasteiger partial charge in [-0.1, -0.05) is 12.1 Å². The summed E-state index contributed by atoms with van der Waals surface area (Å²) in [6.45, 7) is 3.88. The quantitative estimate of drug-likeness (QED) is 0.803. The first kappa shape index (κ1) is 10.5. The molecule has 0 aromatic heterocycles. The van der Waals surface area contributed by atoms with E-state index in [0.717, 1.165) is 30.9 Å². The van der Waals surface area contributed by atoms with Gasteiger partial charge in [-0.25, -0.2) is 0 Å². The van der Waals surface area contributed by atoms with Crippen LogP contribution >= 0.6 is 0 Å². The van der Waals surface area contributed by atoms with Crippen LogP contribution in [0, 0.1) is 0 Å². The van der Waals surface area contributed by atoms with E-state index in [1.54, 1.807) is 7.11 Å². The average molecular weight is 207 g/mol. The number of methoxy groups -OCH3 is 1. The van der Waals surface area contributed by atoms with Crippen LogP contribution in [0.4, 0.5) is 0 Å². The summed E-state index contributed by atoms with van der Waals surface area (Å²) in [7, 11) is 1.67. The Kier molecular flexibility index (Phi) is 2.93. The molecule has 2 rings (SSSR count). The predicted octanol–water partition coefficient (Wildman–Crippen LogP) is 1.88. The average Bonchev–Trinajstić information content (AvgIpc) is 2.30. The van der Waals surface area contributed by atoms with Crippen molar-refractivity contribution in [2.24, 2.45) is 0 Å². The van der Waals surface area contributed by atoms with Crippen molar-refractivity contribution < 1.29 is 9.47 Å². The zero-order chi connectivity index (χ0) is 10.7. The highest BCUT2D eigenvalue weighted by Gasteiger charge is 2.29. The van der Waals surface area contributed by atoms with E-state index in [2.05, 4.69) is 12.2 Å². The van der Waals surface area contributed by atoms with E-state index in [-0.39, 0.29) is 5.72 Å². The molecule has 0 spiro atoms. The van der Waals surface area contributed by atoms with Crippen molar-refractivity contribution in [1.82, 2.24) is 5.32 Å². The maximum absolute atomic E-state index is 5.77. The summed E-state index contributed by atoms with van der Waals surface area (Å²) in [6, 6.07) is 7.99. The molecule has 0 aliphatic carbocycles. The van der Waals surface area contributed by atoms with Gasteiger partial charge in [0.05, 0.1) is 13.7 Å². The van der Waals surface area contributed by atoms with Gasteiger partial charge in [0, 0.05) is 6.54 Å². The van der Waals surface area contributed by atoms with Gasteiger partial charge in [-0.2, -0.15) is 0 Å². The number of benzene rings is 1. The molecule has 1 aromatic rings. The first-order valence-corrected chi connectivity index (χ1v) is 5.28. The summed E-state index contributed by atoms with van der Waals surface area (Å²) in [4.78, 5) is 0. The van der Waals surface area contributed by atoms with E-state index in [9.17, 15) is 0 Å². The molecule has 1 fully saturated rings. The third-order valence-corrected chi connectivity index (χ3v) is 2.82. The van der Waals surface area contributed by atoms with Crippen LogP contribution in [0.5, 0.6) is 5.75 Å². The van der Waals surface area contributed by atoms with Gasteiger partial charge in [-0.05, 0) is 31.0 Å². The van der Waals surface area contributed by atoms with Crippen LogP contribution in [-0.4, -0.2) is 20.3 Å². The van der Waals surface area contributed by atoms with E-state index < -0.39 is 0 Å². The molecule has 1 atom stereocenters. The van der Waals surface area contributed by atoms with Crippen LogP contribution < -0.4 is 10.1 Å². The molecule has 1 aromatic carbocycles. The van der Waals surface area contributed by atoms with Crippen molar-refractivity contribution in [2.75, 3.05) is 20.3 Å². The molecule has 0 saturated carbocycles. The van der Waals surface area contributed by atoms with Gasteiger partial charge in [0.2, 0.25) is 0 Å². The number of rotatable bonds is 2. The predicted molar refractivity (Wildman–Crippen MR) is 58.9 cm³/mol. The number of hydrogen-bond acceptors (Lipinski definition) is 3. The maximum atomic E-state index is 5.77. The molecular weight excluding hydrogens is 190 g/mol. The molecular formula is C12H17NO2. The first-order chi connectivity index (χ1) is 7.24. The van der Waals surface area contributed by atoms with Crippen molar-refractivity contribution in [3.05, 3.63) is 29.8 Å².